The van der Waals surface area contributed by atoms with Crippen LogP contribution < -0.4 is 0 Å². The van der Waals surface area contributed by atoms with Gasteiger partial charge >= 0.3 is 17.9 Å². The van der Waals surface area contributed by atoms with Gasteiger partial charge in [-0.15, -0.1) is 0 Å². The number of unbranched alkanes of at least 4 members (excludes halogenated alkanes) is 30. The molecular formula is C53H96O6. The van der Waals surface area contributed by atoms with Gasteiger partial charge in [-0.2, -0.15) is 0 Å². The van der Waals surface area contributed by atoms with Crippen molar-refractivity contribution >= 4 is 17.9 Å². The van der Waals surface area contributed by atoms with E-state index in [0.29, 0.717) is 19.3 Å². The number of carbonyl (C=O) groups is 3. The third-order valence-electron chi connectivity index (χ3n) is 11.1. The molecule has 0 fully saturated rings. The predicted octanol–water partition coefficient (Wildman–Crippen LogP) is 16.5. The molecule has 59 heavy (non-hydrogen) atoms. The monoisotopic (exact) mass is 829 g/mol. The summed E-state index contributed by atoms with van der Waals surface area (Å²) in [7, 11) is 0. The SMILES string of the molecule is CCCC/C=C\CCCCCCCC(=O)OC(COC(=O)CCCCCCCCCCCCC)COC(=O)CCCCCCCCCCCC/C=C\C=C/CCCCC. The Morgan fingerprint density at radius 1 is 0.339 bits per heavy atom. The molecule has 0 heterocycles. The van der Waals surface area contributed by atoms with Crippen molar-refractivity contribution in [3.63, 3.8) is 0 Å². The van der Waals surface area contributed by atoms with E-state index in [-0.39, 0.29) is 31.1 Å². The molecule has 344 valence electrons. The smallest absolute Gasteiger partial charge is 0.306 e. The minimum Gasteiger partial charge on any atom is -0.462 e. The summed E-state index contributed by atoms with van der Waals surface area (Å²) < 4.78 is 16.8. The van der Waals surface area contributed by atoms with Crippen molar-refractivity contribution in [3.8, 4) is 0 Å². The summed E-state index contributed by atoms with van der Waals surface area (Å²) in [5.41, 5.74) is 0. The van der Waals surface area contributed by atoms with Gasteiger partial charge in [0.15, 0.2) is 6.10 Å². The van der Waals surface area contributed by atoms with Crippen molar-refractivity contribution in [2.24, 2.45) is 0 Å². The fourth-order valence-electron chi connectivity index (χ4n) is 7.24. The first-order valence-corrected chi connectivity index (χ1v) is 25.5. The summed E-state index contributed by atoms with van der Waals surface area (Å²) >= 11 is 0. The van der Waals surface area contributed by atoms with Crippen LogP contribution in [0.4, 0.5) is 0 Å². The molecule has 0 aliphatic carbocycles. The highest BCUT2D eigenvalue weighted by Crippen LogP contribution is 2.15. The lowest BCUT2D eigenvalue weighted by Gasteiger charge is -2.18. The van der Waals surface area contributed by atoms with Crippen molar-refractivity contribution in [1.29, 1.82) is 0 Å². The zero-order valence-corrected chi connectivity index (χ0v) is 39.3. The van der Waals surface area contributed by atoms with Gasteiger partial charge in [-0.3, -0.25) is 14.4 Å². The van der Waals surface area contributed by atoms with Crippen LogP contribution in [0, 0.1) is 0 Å². The minimum absolute atomic E-state index is 0.0739. The molecule has 0 saturated heterocycles. The van der Waals surface area contributed by atoms with E-state index >= 15 is 0 Å². The Balaban J connectivity index is 4.29. The molecule has 0 bridgehead atoms. The van der Waals surface area contributed by atoms with Crippen LogP contribution in [0.15, 0.2) is 36.5 Å². The Morgan fingerprint density at radius 3 is 1.03 bits per heavy atom. The molecule has 1 unspecified atom stereocenters. The molecule has 0 N–H and O–H groups in total. The molecule has 0 amide bonds. The predicted molar refractivity (Wildman–Crippen MR) is 252 cm³/mol. The van der Waals surface area contributed by atoms with E-state index in [9.17, 15) is 14.4 Å². The minimum atomic E-state index is -0.772. The first-order valence-electron chi connectivity index (χ1n) is 25.5. The second kappa shape index (κ2) is 48.3. The molecule has 6 heteroatoms. The van der Waals surface area contributed by atoms with Crippen molar-refractivity contribution in [3.05, 3.63) is 36.5 Å². The Hall–Kier alpha value is -2.37. The highest BCUT2D eigenvalue weighted by Gasteiger charge is 2.19. The zero-order chi connectivity index (χ0) is 43.0. The molecule has 0 spiro atoms. The van der Waals surface area contributed by atoms with Gasteiger partial charge in [0, 0.05) is 19.3 Å². The molecule has 0 aromatic heterocycles. The number of rotatable bonds is 46. The van der Waals surface area contributed by atoms with E-state index in [1.165, 1.54) is 154 Å². The molecule has 6 nitrogen and oxygen atoms in total. The topological polar surface area (TPSA) is 78.9 Å². The number of ether oxygens (including phenoxy) is 3. The van der Waals surface area contributed by atoms with Crippen molar-refractivity contribution < 1.29 is 28.6 Å². The highest BCUT2D eigenvalue weighted by molar-refractivity contribution is 5.71. The standard InChI is InChI=1S/C53H96O6/c1-4-7-10-13-16-19-22-23-24-25-26-27-28-29-32-34-37-40-43-46-52(55)58-49-50(59-53(56)47-44-41-38-35-31-21-18-15-12-9-6-3)48-57-51(54)45-42-39-36-33-30-20-17-14-11-8-5-2/h15-16,18-19,22-23,50H,4-14,17,20-21,24-49H2,1-3H3/b18-15-,19-16-,23-22-. The Kier molecular flexibility index (Phi) is 46.4. The van der Waals surface area contributed by atoms with Crippen molar-refractivity contribution in [1.82, 2.24) is 0 Å². The van der Waals surface area contributed by atoms with Crippen LogP contribution in [0.3, 0.4) is 0 Å². The van der Waals surface area contributed by atoms with E-state index in [0.717, 1.165) is 70.6 Å². The van der Waals surface area contributed by atoms with Gasteiger partial charge in [0.05, 0.1) is 0 Å². The van der Waals surface area contributed by atoms with Crippen molar-refractivity contribution in [2.75, 3.05) is 13.2 Å². The summed E-state index contributed by atoms with van der Waals surface area (Å²) in [4.78, 5) is 37.9. The summed E-state index contributed by atoms with van der Waals surface area (Å²) in [6, 6.07) is 0. The lowest BCUT2D eigenvalue weighted by Crippen LogP contribution is -2.30. The summed E-state index contributed by atoms with van der Waals surface area (Å²) in [6.07, 6.45) is 55.5. The summed E-state index contributed by atoms with van der Waals surface area (Å²) in [6.45, 7) is 6.57. The highest BCUT2D eigenvalue weighted by atomic mass is 16.6. The van der Waals surface area contributed by atoms with Crippen LogP contribution in [0.1, 0.15) is 265 Å². The van der Waals surface area contributed by atoms with Crippen LogP contribution in [-0.4, -0.2) is 37.2 Å². The molecule has 0 radical (unpaired) electrons. The average molecular weight is 829 g/mol. The number of hydrogen-bond acceptors (Lipinski definition) is 6. The molecule has 0 aliphatic heterocycles. The second-order valence-corrected chi connectivity index (χ2v) is 17.1. The number of carbonyl (C=O) groups excluding carboxylic acids is 3. The van der Waals surface area contributed by atoms with Gasteiger partial charge in [-0.25, -0.2) is 0 Å². The van der Waals surface area contributed by atoms with E-state index in [1.807, 2.05) is 0 Å². The molecule has 0 aromatic rings. The summed E-state index contributed by atoms with van der Waals surface area (Å²) in [5, 5.41) is 0. The van der Waals surface area contributed by atoms with Gasteiger partial charge in [-0.05, 0) is 64.2 Å². The van der Waals surface area contributed by atoms with Gasteiger partial charge in [-0.1, -0.05) is 218 Å². The van der Waals surface area contributed by atoms with Gasteiger partial charge in [0.25, 0.3) is 0 Å². The maximum atomic E-state index is 12.7. The molecule has 0 saturated carbocycles. The third-order valence-corrected chi connectivity index (χ3v) is 11.1. The van der Waals surface area contributed by atoms with E-state index in [1.54, 1.807) is 0 Å². The van der Waals surface area contributed by atoms with Crippen LogP contribution in [0.2, 0.25) is 0 Å². The van der Waals surface area contributed by atoms with E-state index in [4.69, 9.17) is 14.2 Å². The van der Waals surface area contributed by atoms with E-state index < -0.39 is 6.10 Å². The lowest BCUT2D eigenvalue weighted by atomic mass is 10.1. The first-order chi connectivity index (χ1) is 29.0. The lowest BCUT2D eigenvalue weighted by molar-refractivity contribution is -0.167. The number of hydrogen-bond donors (Lipinski definition) is 0. The maximum Gasteiger partial charge on any atom is 0.306 e. The first kappa shape index (κ1) is 56.6. The van der Waals surface area contributed by atoms with Gasteiger partial charge in [0.2, 0.25) is 0 Å². The second-order valence-electron chi connectivity index (χ2n) is 17.1. The average Bonchev–Trinajstić information content (AvgIpc) is 3.23. The van der Waals surface area contributed by atoms with Crippen LogP contribution >= 0.6 is 0 Å². The molecule has 1 atom stereocenters. The quantitative estimate of drug-likeness (QED) is 0.0200. The molecular weight excluding hydrogens is 733 g/mol. The summed E-state index contributed by atoms with van der Waals surface area (Å²) in [5.74, 6) is -0.880. The fourth-order valence-corrected chi connectivity index (χ4v) is 7.24. The van der Waals surface area contributed by atoms with Crippen LogP contribution in [-0.2, 0) is 28.6 Å². The Morgan fingerprint density at radius 2 is 0.627 bits per heavy atom. The van der Waals surface area contributed by atoms with E-state index in [2.05, 4.69) is 57.2 Å². The fraction of sp³-hybridized carbons (Fsp3) is 0.830. The van der Waals surface area contributed by atoms with Crippen molar-refractivity contribution in [2.45, 2.75) is 271 Å². The van der Waals surface area contributed by atoms with Crippen LogP contribution in [0.5, 0.6) is 0 Å². The van der Waals surface area contributed by atoms with Gasteiger partial charge < -0.3 is 14.2 Å². The normalized spacial score (nSPS) is 12.3. The number of allylic oxidation sites excluding steroid dienone is 6. The zero-order valence-electron chi connectivity index (χ0n) is 39.3. The Labute approximate surface area is 365 Å². The Bertz CT molecular complexity index is 1000. The molecule has 0 rings (SSSR count). The third kappa shape index (κ3) is 46.5. The van der Waals surface area contributed by atoms with Crippen LogP contribution in [0.25, 0.3) is 0 Å². The largest absolute Gasteiger partial charge is 0.462 e. The number of esters is 3. The molecule has 0 aromatic carbocycles. The van der Waals surface area contributed by atoms with Gasteiger partial charge in [0.1, 0.15) is 13.2 Å². The maximum absolute atomic E-state index is 12.7. The molecule has 0 aliphatic rings.